The number of ether oxygens (including phenoxy) is 1. The Hall–Kier alpha value is -2.55. The molecule has 108 valence electrons. The van der Waals surface area contributed by atoms with Crippen LogP contribution in [-0.2, 0) is 11.3 Å². The van der Waals surface area contributed by atoms with E-state index in [4.69, 9.17) is 4.74 Å². The summed E-state index contributed by atoms with van der Waals surface area (Å²) in [5, 5.41) is 2.88. The Labute approximate surface area is 125 Å². The van der Waals surface area contributed by atoms with Gasteiger partial charge in [-0.15, -0.1) is 0 Å². The molecule has 0 saturated carbocycles. The fraction of sp³-hybridized carbons (Fsp3) is 0.167. The van der Waals surface area contributed by atoms with Crippen molar-refractivity contribution in [1.82, 2.24) is 5.32 Å². The zero-order valence-corrected chi connectivity index (χ0v) is 12.3. The first-order chi connectivity index (χ1) is 10.2. The number of benzene rings is 2. The summed E-state index contributed by atoms with van der Waals surface area (Å²) in [5.41, 5.74) is 3.01. The molecule has 0 aliphatic heterocycles. The van der Waals surface area contributed by atoms with Crippen LogP contribution in [0.2, 0.25) is 0 Å². The molecule has 0 aliphatic rings. The molecule has 1 amide bonds. The Kier molecular flexibility index (Phi) is 5.16. The van der Waals surface area contributed by atoms with Crippen LogP contribution in [0.3, 0.4) is 0 Å². The lowest BCUT2D eigenvalue weighted by atomic mass is 10.1. The molecule has 0 heterocycles. The summed E-state index contributed by atoms with van der Waals surface area (Å²) < 4.78 is 5.12. The maximum atomic E-state index is 11.9. The summed E-state index contributed by atoms with van der Waals surface area (Å²) in [6, 6.07) is 17.5. The van der Waals surface area contributed by atoms with Crippen molar-refractivity contribution in [3.8, 4) is 5.75 Å². The number of nitrogens with one attached hydrogen (secondary N) is 1. The van der Waals surface area contributed by atoms with Crippen molar-refractivity contribution >= 4 is 11.5 Å². The third-order valence-electron chi connectivity index (χ3n) is 3.20. The zero-order chi connectivity index (χ0) is 15.1. The second kappa shape index (κ2) is 7.29. The van der Waals surface area contributed by atoms with Crippen LogP contribution in [0.15, 0.2) is 60.7 Å². The predicted molar refractivity (Wildman–Crippen MR) is 84.9 cm³/mol. The summed E-state index contributed by atoms with van der Waals surface area (Å²) >= 11 is 0. The Bertz CT molecular complexity index is 615. The van der Waals surface area contributed by atoms with Gasteiger partial charge in [0.25, 0.3) is 0 Å². The third-order valence-corrected chi connectivity index (χ3v) is 3.20. The molecule has 0 unspecified atom stereocenters. The average molecular weight is 281 g/mol. The van der Waals surface area contributed by atoms with Crippen LogP contribution in [0.25, 0.3) is 5.57 Å². The van der Waals surface area contributed by atoms with Gasteiger partial charge in [-0.3, -0.25) is 4.79 Å². The van der Waals surface area contributed by atoms with Crippen LogP contribution in [0, 0.1) is 0 Å². The van der Waals surface area contributed by atoms with E-state index < -0.39 is 0 Å². The van der Waals surface area contributed by atoms with Gasteiger partial charge in [0, 0.05) is 12.6 Å². The summed E-state index contributed by atoms with van der Waals surface area (Å²) in [6.45, 7) is 2.45. The molecule has 3 nitrogen and oxygen atoms in total. The second-order valence-electron chi connectivity index (χ2n) is 4.76. The molecule has 0 radical (unpaired) electrons. The average Bonchev–Trinajstić information content (AvgIpc) is 2.54. The Morgan fingerprint density at radius 2 is 1.76 bits per heavy atom. The van der Waals surface area contributed by atoms with E-state index in [1.165, 1.54) is 0 Å². The van der Waals surface area contributed by atoms with E-state index in [1.54, 1.807) is 13.2 Å². The minimum atomic E-state index is -0.0906. The maximum absolute atomic E-state index is 11.9. The Morgan fingerprint density at radius 3 is 2.38 bits per heavy atom. The van der Waals surface area contributed by atoms with E-state index >= 15 is 0 Å². The smallest absolute Gasteiger partial charge is 0.244 e. The number of carbonyl (C=O) groups is 1. The monoisotopic (exact) mass is 281 g/mol. The van der Waals surface area contributed by atoms with Gasteiger partial charge in [-0.2, -0.15) is 0 Å². The van der Waals surface area contributed by atoms with Crippen molar-refractivity contribution in [3.63, 3.8) is 0 Å². The van der Waals surface area contributed by atoms with E-state index in [0.717, 1.165) is 22.4 Å². The number of hydrogen-bond acceptors (Lipinski definition) is 2. The number of amides is 1. The molecular formula is C18H19NO2. The van der Waals surface area contributed by atoms with Crippen LogP contribution in [-0.4, -0.2) is 13.0 Å². The fourth-order valence-corrected chi connectivity index (χ4v) is 1.97. The summed E-state index contributed by atoms with van der Waals surface area (Å²) in [5.74, 6) is 0.715. The largest absolute Gasteiger partial charge is 0.497 e. The van der Waals surface area contributed by atoms with Gasteiger partial charge in [0.1, 0.15) is 5.75 Å². The summed E-state index contributed by atoms with van der Waals surface area (Å²) in [7, 11) is 1.63. The molecule has 21 heavy (non-hydrogen) atoms. The summed E-state index contributed by atoms with van der Waals surface area (Å²) in [4.78, 5) is 11.9. The lowest BCUT2D eigenvalue weighted by Crippen LogP contribution is -2.20. The van der Waals surface area contributed by atoms with Gasteiger partial charge in [0.15, 0.2) is 0 Å². The van der Waals surface area contributed by atoms with Gasteiger partial charge in [0.2, 0.25) is 5.91 Å². The lowest BCUT2D eigenvalue weighted by Gasteiger charge is -2.05. The number of hydrogen-bond donors (Lipinski definition) is 1. The van der Waals surface area contributed by atoms with Crippen molar-refractivity contribution in [3.05, 3.63) is 71.8 Å². The number of carbonyl (C=O) groups excluding carboxylic acids is 1. The zero-order valence-electron chi connectivity index (χ0n) is 12.3. The molecule has 2 rings (SSSR count). The highest BCUT2D eigenvalue weighted by molar-refractivity contribution is 5.94. The molecule has 0 spiro atoms. The van der Waals surface area contributed by atoms with Gasteiger partial charge < -0.3 is 10.1 Å². The number of rotatable bonds is 5. The van der Waals surface area contributed by atoms with Crippen LogP contribution in [0.1, 0.15) is 18.1 Å². The molecule has 2 aromatic rings. The number of methoxy groups -OCH3 is 1. The van der Waals surface area contributed by atoms with E-state index in [9.17, 15) is 4.79 Å². The van der Waals surface area contributed by atoms with E-state index in [1.807, 2.05) is 61.5 Å². The first-order valence-corrected chi connectivity index (χ1v) is 6.83. The molecule has 1 N–H and O–H groups in total. The lowest BCUT2D eigenvalue weighted by molar-refractivity contribution is -0.116. The molecule has 0 aromatic heterocycles. The van der Waals surface area contributed by atoms with Crippen molar-refractivity contribution in [2.45, 2.75) is 13.5 Å². The summed E-state index contributed by atoms with van der Waals surface area (Å²) in [6.07, 6.45) is 1.62. The van der Waals surface area contributed by atoms with Crippen molar-refractivity contribution in [2.24, 2.45) is 0 Å². The van der Waals surface area contributed by atoms with E-state index in [2.05, 4.69) is 5.32 Å². The fourth-order valence-electron chi connectivity index (χ4n) is 1.97. The third kappa shape index (κ3) is 4.49. The van der Waals surface area contributed by atoms with Gasteiger partial charge in [-0.1, -0.05) is 42.5 Å². The molecule has 0 saturated heterocycles. The van der Waals surface area contributed by atoms with Crippen molar-refractivity contribution in [2.75, 3.05) is 7.11 Å². The minimum Gasteiger partial charge on any atom is -0.497 e. The molecular weight excluding hydrogens is 262 g/mol. The van der Waals surface area contributed by atoms with Crippen molar-refractivity contribution < 1.29 is 9.53 Å². The molecule has 0 bridgehead atoms. The van der Waals surface area contributed by atoms with E-state index in [-0.39, 0.29) is 5.91 Å². The Balaban J connectivity index is 1.95. The van der Waals surface area contributed by atoms with Gasteiger partial charge >= 0.3 is 0 Å². The second-order valence-corrected chi connectivity index (χ2v) is 4.76. The maximum Gasteiger partial charge on any atom is 0.244 e. The molecule has 2 aromatic carbocycles. The highest BCUT2D eigenvalue weighted by atomic mass is 16.5. The highest BCUT2D eigenvalue weighted by Crippen LogP contribution is 2.17. The SMILES string of the molecule is COc1ccc(/C(C)=C/C(=O)NCc2ccccc2)cc1. The van der Waals surface area contributed by atoms with Crippen molar-refractivity contribution in [1.29, 1.82) is 0 Å². The van der Waals surface area contributed by atoms with Gasteiger partial charge in [-0.25, -0.2) is 0 Å². The molecule has 3 heteroatoms. The Morgan fingerprint density at radius 1 is 1.10 bits per heavy atom. The first kappa shape index (κ1) is 14.9. The van der Waals surface area contributed by atoms with Gasteiger partial charge in [-0.05, 0) is 35.8 Å². The molecule has 0 fully saturated rings. The topological polar surface area (TPSA) is 38.3 Å². The standard InChI is InChI=1S/C18H19NO2/c1-14(16-8-10-17(21-2)11-9-16)12-18(20)19-13-15-6-4-3-5-7-15/h3-12H,13H2,1-2H3,(H,19,20)/b14-12+. The molecule has 0 atom stereocenters. The van der Waals surface area contributed by atoms with Gasteiger partial charge in [0.05, 0.1) is 7.11 Å². The quantitative estimate of drug-likeness (QED) is 0.853. The molecule has 0 aliphatic carbocycles. The van der Waals surface area contributed by atoms with Crippen LogP contribution in [0.4, 0.5) is 0 Å². The predicted octanol–water partition coefficient (Wildman–Crippen LogP) is 3.41. The minimum absolute atomic E-state index is 0.0906. The van der Waals surface area contributed by atoms with Crippen LogP contribution in [0.5, 0.6) is 5.75 Å². The number of allylic oxidation sites excluding steroid dienone is 1. The van der Waals surface area contributed by atoms with Crippen LogP contribution < -0.4 is 10.1 Å². The normalized spacial score (nSPS) is 11.0. The first-order valence-electron chi connectivity index (χ1n) is 6.83. The highest BCUT2D eigenvalue weighted by Gasteiger charge is 2.01. The van der Waals surface area contributed by atoms with Crippen LogP contribution >= 0.6 is 0 Å². The van der Waals surface area contributed by atoms with E-state index in [0.29, 0.717) is 6.54 Å².